The number of sulfonamides is 1. The maximum absolute atomic E-state index is 11.8. The molecule has 2 N–H and O–H groups in total. The van der Waals surface area contributed by atoms with Gasteiger partial charge in [0.2, 0.25) is 0 Å². The molecule has 0 aliphatic carbocycles. The first kappa shape index (κ1) is 11.9. The van der Waals surface area contributed by atoms with E-state index in [1.807, 2.05) is 0 Å². The lowest BCUT2D eigenvalue weighted by atomic mass is 10.2. The van der Waals surface area contributed by atoms with E-state index in [9.17, 15) is 8.42 Å². The predicted octanol–water partition coefficient (Wildman–Crippen LogP) is 0.778. The summed E-state index contributed by atoms with van der Waals surface area (Å²) in [5, 5.41) is 2.63. The van der Waals surface area contributed by atoms with Gasteiger partial charge in [-0.3, -0.25) is 4.72 Å². The normalized spacial score (nSPS) is 10.8. The van der Waals surface area contributed by atoms with Crippen LogP contribution in [0.25, 0.3) is 0 Å². The molecule has 1 rings (SSSR count). The fourth-order valence-electron chi connectivity index (χ4n) is 1.09. The van der Waals surface area contributed by atoms with Crippen molar-refractivity contribution in [2.75, 3.05) is 7.05 Å². The molecule has 0 amide bonds. The van der Waals surface area contributed by atoms with Crippen LogP contribution in [0.3, 0.4) is 0 Å². The van der Waals surface area contributed by atoms with Gasteiger partial charge in [0, 0.05) is 7.05 Å². The van der Waals surface area contributed by atoms with Gasteiger partial charge in [-0.15, -0.1) is 0 Å². The van der Waals surface area contributed by atoms with Gasteiger partial charge in [-0.1, -0.05) is 18.2 Å². The first-order valence-corrected chi connectivity index (χ1v) is 6.16. The Balaban J connectivity index is 3.07. The molecule has 1 aromatic rings. The number of aryl methyl sites for hydroxylation is 1. The van der Waals surface area contributed by atoms with Crippen LogP contribution in [0.5, 0.6) is 0 Å². The van der Waals surface area contributed by atoms with Crippen LogP contribution in [0.15, 0.2) is 29.2 Å². The number of thiocarbonyl (C=S) groups is 1. The van der Waals surface area contributed by atoms with E-state index in [1.165, 1.54) is 6.07 Å². The Hall–Kier alpha value is -1.14. The molecule has 0 fully saturated rings. The third-order valence-electron chi connectivity index (χ3n) is 1.84. The summed E-state index contributed by atoms with van der Waals surface area (Å²) in [5.41, 5.74) is 0.684. The van der Waals surface area contributed by atoms with Crippen molar-refractivity contribution >= 4 is 27.4 Å². The van der Waals surface area contributed by atoms with Crippen LogP contribution in [0.1, 0.15) is 5.56 Å². The third kappa shape index (κ3) is 2.90. The quantitative estimate of drug-likeness (QED) is 0.755. The number of hydrogen-bond donors (Lipinski definition) is 2. The highest BCUT2D eigenvalue weighted by atomic mass is 32.2. The van der Waals surface area contributed by atoms with Crippen molar-refractivity contribution in [3.8, 4) is 0 Å². The Bertz CT molecular complexity index is 469. The van der Waals surface area contributed by atoms with Crippen LogP contribution in [0, 0.1) is 6.92 Å². The summed E-state index contributed by atoms with van der Waals surface area (Å²) in [6, 6.07) is 6.72. The van der Waals surface area contributed by atoms with Gasteiger partial charge in [-0.25, -0.2) is 8.42 Å². The van der Waals surface area contributed by atoms with Crippen LogP contribution < -0.4 is 10.0 Å². The van der Waals surface area contributed by atoms with Crippen molar-refractivity contribution in [1.29, 1.82) is 0 Å². The molecule has 82 valence electrons. The molecule has 0 saturated carbocycles. The summed E-state index contributed by atoms with van der Waals surface area (Å²) in [7, 11) is -2.00. The third-order valence-corrected chi connectivity index (χ3v) is 3.78. The molecule has 0 bridgehead atoms. The average molecular weight is 244 g/mol. The summed E-state index contributed by atoms with van der Waals surface area (Å²) in [6.07, 6.45) is 0. The fraction of sp³-hybridized carbons (Fsp3) is 0.222. The van der Waals surface area contributed by atoms with E-state index in [0.717, 1.165) is 0 Å². The Kier molecular flexibility index (Phi) is 3.65. The van der Waals surface area contributed by atoms with E-state index in [1.54, 1.807) is 32.2 Å². The lowest BCUT2D eigenvalue weighted by Crippen LogP contribution is -2.37. The van der Waals surface area contributed by atoms with Gasteiger partial charge in [0.05, 0.1) is 4.90 Å². The van der Waals surface area contributed by atoms with E-state index >= 15 is 0 Å². The van der Waals surface area contributed by atoms with Gasteiger partial charge in [0.15, 0.2) is 5.11 Å². The van der Waals surface area contributed by atoms with Gasteiger partial charge in [-0.05, 0) is 30.8 Å². The van der Waals surface area contributed by atoms with Crippen molar-refractivity contribution in [1.82, 2.24) is 10.0 Å². The molecule has 6 heteroatoms. The zero-order valence-electron chi connectivity index (χ0n) is 8.44. The highest BCUT2D eigenvalue weighted by Gasteiger charge is 2.16. The molecule has 0 aliphatic rings. The topological polar surface area (TPSA) is 58.2 Å². The van der Waals surface area contributed by atoms with Crippen molar-refractivity contribution in [2.45, 2.75) is 11.8 Å². The molecular formula is C9H12N2O2S2. The predicted molar refractivity (Wildman–Crippen MR) is 63.2 cm³/mol. The highest BCUT2D eigenvalue weighted by Crippen LogP contribution is 2.13. The second kappa shape index (κ2) is 4.59. The monoisotopic (exact) mass is 244 g/mol. The summed E-state index contributed by atoms with van der Waals surface area (Å²) in [4.78, 5) is 0.239. The van der Waals surface area contributed by atoms with Gasteiger partial charge in [-0.2, -0.15) is 0 Å². The minimum absolute atomic E-state index is 0.0817. The van der Waals surface area contributed by atoms with Crippen molar-refractivity contribution in [3.63, 3.8) is 0 Å². The second-order valence-electron chi connectivity index (χ2n) is 2.95. The minimum Gasteiger partial charge on any atom is -0.365 e. The van der Waals surface area contributed by atoms with E-state index in [-0.39, 0.29) is 10.0 Å². The van der Waals surface area contributed by atoms with Crippen LogP contribution in [0.2, 0.25) is 0 Å². The number of benzene rings is 1. The Morgan fingerprint density at radius 2 is 1.93 bits per heavy atom. The molecule has 0 unspecified atom stereocenters. The molecule has 0 spiro atoms. The van der Waals surface area contributed by atoms with Gasteiger partial charge in [0.25, 0.3) is 10.0 Å². The van der Waals surface area contributed by atoms with E-state index in [4.69, 9.17) is 12.2 Å². The van der Waals surface area contributed by atoms with Crippen molar-refractivity contribution in [3.05, 3.63) is 29.8 Å². The van der Waals surface area contributed by atoms with Crippen LogP contribution in [-0.4, -0.2) is 20.6 Å². The Labute approximate surface area is 94.7 Å². The highest BCUT2D eigenvalue weighted by molar-refractivity contribution is 7.91. The number of nitrogens with one attached hydrogen (secondary N) is 2. The first-order valence-electron chi connectivity index (χ1n) is 4.27. The molecule has 0 radical (unpaired) electrons. The zero-order valence-corrected chi connectivity index (χ0v) is 10.1. The fourth-order valence-corrected chi connectivity index (χ4v) is 2.62. The number of rotatable bonds is 2. The molecule has 1 aromatic carbocycles. The lowest BCUT2D eigenvalue weighted by Gasteiger charge is -2.09. The van der Waals surface area contributed by atoms with E-state index in [2.05, 4.69) is 10.0 Å². The molecular weight excluding hydrogens is 232 g/mol. The first-order chi connectivity index (χ1) is 6.97. The van der Waals surface area contributed by atoms with Crippen LogP contribution in [-0.2, 0) is 10.0 Å². The van der Waals surface area contributed by atoms with Gasteiger partial charge in [0.1, 0.15) is 0 Å². The summed E-state index contributed by atoms with van der Waals surface area (Å²) < 4.78 is 25.8. The smallest absolute Gasteiger partial charge is 0.263 e. The Morgan fingerprint density at radius 1 is 1.33 bits per heavy atom. The summed E-state index contributed by atoms with van der Waals surface area (Å²) >= 11 is 4.75. The Morgan fingerprint density at radius 3 is 2.47 bits per heavy atom. The van der Waals surface area contributed by atoms with Crippen molar-refractivity contribution in [2.24, 2.45) is 0 Å². The maximum atomic E-state index is 11.8. The zero-order chi connectivity index (χ0) is 11.5. The summed E-state index contributed by atoms with van der Waals surface area (Å²) in [5.74, 6) is 0. The molecule has 0 heterocycles. The molecule has 0 atom stereocenters. The minimum atomic E-state index is -3.56. The largest absolute Gasteiger partial charge is 0.365 e. The lowest BCUT2D eigenvalue weighted by molar-refractivity contribution is 0.591. The molecule has 0 aliphatic heterocycles. The van der Waals surface area contributed by atoms with Gasteiger partial charge >= 0.3 is 0 Å². The standard InChI is InChI=1S/C9H12N2O2S2/c1-7-5-3-4-6-8(7)15(12,13)11-9(14)10-2/h3-6H,1-2H3,(H2,10,11,14). The van der Waals surface area contributed by atoms with E-state index in [0.29, 0.717) is 5.56 Å². The molecule has 0 aromatic heterocycles. The number of hydrogen-bond acceptors (Lipinski definition) is 3. The molecule has 15 heavy (non-hydrogen) atoms. The van der Waals surface area contributed by atoms with Crippen molar-refractivity contribution < 1.29 is 8.42 Å². The van der Waals surface area contributed by atoms with Crippen LogP contribution in [0.4, 0.5) is 0 Å². The molecule has 4 nitrogen and oxygen atoms in total. The SMILES string of the molecule is CNC(=S)NS(=O)(=O)c1ccccc1C. The van der Waals surface area contributed by atoms with E-state index < -0.39 is 10.0 Å². The second-order valence-corrected chi connectivity index (χ2v) is 5.01. The average Bonchev–Trinajstić information content (AvgIpc) is 2.17. The molecule has 0 saturated heterocycles. The summed E-state index contributed by atoms with van der Waals surface area (Å²) in [6.45, 7) is 1.73. The van der Waals surface area contributed by atoms with Crippen LogP contribution >= 0.6 is 12.2 Å². The van der Waals surface area contributed by atoms with Gasteiger partial charge < -0.3 is 5.32 Å². The maximum Gasteiger partial charge on any atom is 0.263 e.